The molecule has 0 spiro atoms. The molecule has 0 aliphatic carbocycles. The topological polar surface area (TPSA) is 38.7 Å². The fourth-order valence-electron chi connectivity index (χ4n) is 7.25. The molecule has 1 atom stereocenters. The highest BCUT2D eigenvalue weighted by Crippen LogP contribution is 2.39. The first kappa shape index (κ1) is 39.5. The number of hydrogen-bond acceptors (Lipinski definition) is 4. The third-order valence-electron chi connectivity index (χ3n) is 9.58. The molecule has 5 rings (SSSR count). The van der Waals surface area contributed by atoms with Gasteiger partial charge in [0.1, 0.15) is 0 Å². The summed E-state index contributed by atoms with van der Waals surface area (Å²) in [5.74, 6) is 0. The van der Waals surface area contributed by atoms with Crippen LogP contribution in [0, 0.1) is 0 Å². The zero-order valence-electron chi connectivity index (χ0n) is 31.5. The smallest absolute Gasteiger partial charge is 0.261 e. The van der Waals surface area contributed by atoms with E-state index in [9.17, 15) is 5.11 Å². The van der Waals surface area contributed by atoms with E-state index in [2.05, 4.69) is 205 Å². The van der Waals surface area contributed by atoms with Gasteiger partial charge >= 0.3 is 0 Å². The number of rotatable bonds is 15. The molecule has 0 aliphatic rings. The Morgan fingerprint density at radius 1 is 0.596 bits per heavy atom. The Balaban J connectivity index is 1.56. The second kappa shape index (κ2) is 17.8. The van der Waals surface area contributed by atoms with Crippen LogP contribution in [-0.4, -0.2) is 41.1 Å². The zero-order chi connectivity index (χ0) is 37.1. The quantitative estimate of drug-likeness (QED) is 0.0660. The summed E-state index contributed by atoms with van der Waals surface area (Å²) in [6.45, 7) is 14.3. The van der Waals surface area contributed by atoms with E-state index in [1.807, 2.05) is 6.07 Å². The summed E-state index contributed by atoms with van der Waals surface area (Å²) in [6, 6.07) is 53.4. The first-order chi connectivity index (χ1) is 25.0. The molecule has 5 aromatic rings. The number of hydrogen-bond donors (Lipinski definition) is 1. The van der Waals surface area contributed by atoms with Crippen LogP contribution in [0.5, 0.6) is 0 Å². The fourth-order valence-corrected chi connectivity index (χ4v) is 17.4. The highest BCUT2D eigenvalue weighted by atomic mass is 32.2. The van der Waals surface area contributed by atoms with Gasteiger partial charge < -0.3 is 14.0 Å². The molecule has 1 unspecified atom stereocenters. The fraction of sp³-hybridized carbons (Fsp3) is 0.261. The predicted octanol–water partition coefficient (Wildman–Crippen LogP) is 9.12. The first-order valence-electron chi connectivity index (χ1n) is 18.3. The molecule has 0 saturated carbocycles. The van der Waals surface area contributed by atoms with Gasteiger partial charge in [-0.05, 0) is 55.5 Å². The molecule has 6 heteroatoms. The summed E-state index contributed by atoms with van der Waals surface area (Å²) in [7, 11) is -5.57. The van der Waals surface area contributed by atoms with Gasteiger partial charge in [-0.1, -0.05) is 205 Å². The van der Waals surface area contributed by atoms with Gasteiger partial charge in [-0.3, -0.25) is 0 Å². The van der Waals surface area contributed by atoms with Crippen LogP contribution in [0.3, 0.4) is 0 Å². The van der Waals surface area contributed by atoms with E-state index in [1.165, 1.54) is 20.7 Å². The van der Waals surface area contributed by atoms with E-state index in [0.29, 0.717) is 13.0 Å². The van der Waals surface area contributed by atoms with Gasteiger partial charge in [-0.2, -0.15) is 0 Å². The van der Waals surface area contributed by atoms with Crippen molar-refractivity contribution in [2.75, 3.05) is 13.2 Å². The zero-order valence-corrected chi connectivity index (χ0v) is 34.4. The third kappa shape index (κ3) is 9.06. The summed E-state index contributed by atoms with van der Waals surface area (Å²) in [4.78, 5) is 2.19. The molecule has 0 amide bonds. The molecule has 0 radical (unpaired) electrons. The van der Waals surface area contributed by atoms with Crippen LogP contribution in [-0.2, 0) is 8.85 Å². The van der Waals surface area contributed by atoms with Gasteiger partial charge in [0.2, 0.25) is 0 Å². The predicted molar refractivity (Wildman–Crippen MR) is 227 cm³/mol. The van der Waals surface area contributed by atoms with Crippen molar-refractivity contribution in [1.29, 1.82) is 0 Å². The molecule has 1 N–H and O–H groups in total. The summed E-state index contributed by atoms with van der Waals surface area (Å²) in [5.41, 5.74) is 0. The van der Waals surface area contributed by atoms with E-state index in [1.54, 1.807) is 11.8 Å². The summed E-state index contributed by atoms with van der Waals surface area (Å²) < 4.78 is 14.7. The van der Waals surface area contributed by atoms with Crippen molar-refractivity contribution in [1.82, 2.24) is 0 Å². The number of aliphatic hydroxyl groups is 1. The lowest BCUT2D eigenvalue weighted by molar-refractivity contribution is 0.179. The lowest BCUT2D eigenvalue weighted by Gasteiger charge is -2.44. The molecule has 52 heavy (non-hydrogen) atoms. The second-order valence-corrected chi connectivity index (χ2v) is 24.9. The van der Waals surface area contributed by atoms with Crippen LogP contribution in [0.2, 0.25) is 10.1 Å². The molecule has 0 fully saturated rings. The maximum absolute atomic E-state index is 10.4. The normalized spacial score (nSPS) is 13.7. The monoisotopic (exact) mass is 742 g/mol. The minimum atomic E-state index is -2.88. The van der Waals surface area contributed by atoms with E-state index < -0.39 is 16.6 Å². The Morgan fingerprint density at radius 3 is 1.37 bits per heavy atom. The maximum atomic E-state index is 10.4. The van der Waals surface area contributed by atoms with Crippen LogP contribution in [0.25, 0.3) is 0 Å². The Labute approximate surface area is 318 Å². The Hall–Kier alpha value is -3.76. The van der Waals surface area contributed by atoms with E-state index in [4.69, 9.17) is 8.85 Å². The van der Waals surface area contributed by atoms with Gasteiger partial charge in [-0.25, -0.2) is 0 Å². The average molecular weight is 743 g/mol. The molecule has 270 valence electrons. The van der Waals surface area contributed by atoms with Crippen molar-refractivity contribution in [3.05, 3.63) is 175 Å². The van der Waals surface area contributed by atoms with E-state index in [0.717, 1.165) is 9.80 Å². The standard InChI is InChI=1S/C46H54O3SSi2/c1-45(2,3)51(41-26-14-8-15-27-41,42-28-16-9-17-29-42)48-36-22-25-40(50-39-23-12-7-13-24-39)37-38(34-35-47)49-52(46(4,5)6,43-30-18-10-19-31-43)44-32-20-11-21-33-44/h7-33,37-38,47H,34-36H2,1-6H3/b25-22+,40-37-. The molecule has 0 aromatic heterocycles. The van der Waals surface area contributed by atoms with E-state index >= 15 is 0 Å². The average Bonchev–Trinajstić information content (AvgIpc) is 3.14. The van der Waals surface area contributed by atoms with Gasteiger partial charge in [-0.15, -0.1) is 0 Å². The van der Waals surface area contributed by atoms with Crippen molar-refractivity contribution in [2.45, 2.75) is 69.0 Å². The van der Waals surface area contributed by atoms with Crippen LogP contribution in [0.4, 0.5) is 0 Å². The molecule has 0 heterocycles. The van der Waals surface area contributed by atoms with Crippen molar-refractivity contribution >= 4 is 49.1 Å². The summed E-state index contributed by atoms with van der Waals surface area (Å²) in [6.07, 6.45) is 6.70. The number of thioether (sulfide) groups is 1. The molecule has 3 nitrogen and oxygen atoms in total. The highest BCUT2D eigenvalue weighted by molar-refractivity contribution is 8.03. The van der Waals surface area contributed by atoms with Crippen LogP contribution in [0.15, 0.2) is 180 Å². The highest BCUT2D eigenvalue weighted by Gasteiger charge is 2.52. The lowest BCUT2D eigenvalue weighted by atomic mass is 10.2. The maximum Gasteiger partial charge on any atom is 0.261 e. The second-order valence-electron chi connectivity index (χ2n) is 15.2. The molecule has 0 bridgehead atoms. The number of aliphatic hydroxyl groups excluding tert-OH is 1. The summed E-state index contributed by atoms with van der Waals surface area (Å²) in [5, 5.41) is 15.1. The minimum Gasteiger partial charge on any atom is -0.404 e. The van der Waals surface area contributed by atoms with Crippen molar-refractivity contribution in [3.8, 4) is 0 Å². The SMILES string of the molecule is CC(C)(C)[Si](OC/C=C/C(=C/C(CCO)O[Si](c1ccccc1)(c1ccccc1)C(C)(C)C)Sc1ccccc1)(c1ccccc1)c1ccccc1. The first-order valence-corrected chi connectivity index (χ1v) is 22.9. The summed E-state index contributed by atoms with van der Waals surface area (Å²) >= 11 is 1.71. The van der Waals surface area contributed by atoms with Gasteiger partial charge in [0.25, 0.3) is 16.6 Å². The van der Waals surface area contributed by atoms with Crippen molar-refractivity contribution in [2.24, 2.45) is 0 Å². The largest absolute Gasteiger partial charge is 0.404 e. The Kier molecular flexibility index (Phi) is 13.5. The van der Waals surface area contributed by atoms with Crippen molar-refractivity contribution < 1.29 is 14.0 Å². The van der Waals surface area contributed by atoms with Gasteiger partial charge in [0.05, 0.1) is 12.7 Å². The van der Waals surface area contributed by atoms with Gasteiger partial charge in [0.15, 0.2) is 0 Å². The lowest BCUT2D eigenvalue weighted by Crippen LogP contribution is -2.67. The molecule has 0 aliphatic heterocycles. The Morgan fingerprint density at radius 2 is 0.981 bits per heavy atom. The molecule has 5 aromatic carbocycles. The van der Waals surface area contributed by atoms with Gasteiger partial charge in [0, 0.05) is 16.4 Å². The van der Waals surface area contributed by atoms with E-state index in [-0.39, 0.29) is 22.8 Å². The number of benzene rings is 5. The minimum absolute atomic E-state index is 0.0172. The van der Waals surface area contributed by atoms with Crippen LogP contribution in [0.1, 0.15) is 48.0 Å². The Bertz CT molecular complexity index is 1770. The molecular formula is C46H54O3SSi2. The van der Waals surface area contributed by atoms with Crippen LogP contribution >= 0.6 is 11.8 Å². The van der Waals surface area contributed by atoms with Crippen molar-refractivity contribution in [3.63, 3.8) is 0 Å². The number of allylic oxidation sites excluding steroid dienone is 1. The third-order valence-corrected chi connectivity index (χ3v) is 20.7. The van der Waals surface area contributed by atoms with Crippen LogP contribution < -0.4 is 20.7 Å². The molecule has 0 saturated heterocycles. The molecular weight excluding hydrogens is 689 g/mol.